The van der Waals surface area contributed by atoms with Crippen LogP contribution in [0.4, 0.5) is 14.5 Å². The molecule has 3 N–H and O–H groups in total. The lowest BCUT2D eigenvalue weighted by Gasteiger charge is -2.23. The second kappa shape index (κ2) is 6.11. The predicted octanol–water partition coefficient (Wildman–Crippen LogP) is 3.50. The number of hydrogen-bond acceptors (Lipinski definition) is 3. The van der Waals surface area contributed by atoms with Gasteiger partial charge in [0.1, 0.15) is 0 Å². The third-order valence-electron chi connectivity index (χ3n) is 6.98. The van der Waals surface area contributed by atoms with Gasteiger partial charge in [-0.1, -0.05) is 19.1 Å². The van der Waals surface area contributed by atoms with E-state index in [1.807, 2.05) is 12.1 Å². The molecule has 1 saturated carbocycles. The highest BCUT2D eigenvalue weighted by Crippen LogP contribution is 2.70. The molecule has 2 unspecified atom stereocenters. The fourth-order valence-corrected chi connectivity index (χ4v) is 4.98. The first-order valence-corrected chi connectivity index (χ1v) is 9.96. The van der Waals surface area contributed by atoms with E-state index in [1.165, 1.54) is 5.56 Å². The molecule has 2 fully saturated rings. The first kappa shape index (κ1) is 17.8. The Labute approximate surface area is 162 Å². The molecule has 3 aliphatic rings. The number of piperidine rings is 1. The van der Waals surface area contributed by atoms with Gasteiger partial charge in [-0.05, 0) is 56.0 Å². The first-order valence-electron chi connectivity index (χ1n) is 9.96. The number of benzene rings is 1. The molecule has 28 heavy (non-hydrogen) atoms. The Morgan fingerprint density at radius 3 is 2.64 bits per heavy atom. The molecule has 1 aromatic carbocycles. The van der Waals surface area contributed by atoms with Crippen LogP contribution in [0.3, 0.4) is 0 Å². The Kier molecular flexibility index (Phi) is 3.88. The third kappa shape index (κ3) is 2.59. The molecule has 5 nitrogen and oxygen atoms in total. The highest BCUT2D eigenvalue weighted by Gasteiger charge is 2.78. The summed E-state index contributed by atoms with van der Waals surface area (Å²) in [6, 6.07) is 7.92. The molecular formula is C21H24F2N4O. The standard InChI is InChI=1S/C21H24F2N4O/c1-20-11-16-15(10-17(20)21(20,22)23)18(27-26-16)19(28)25-14-4-2-12(3-5-14)13-6-8-24-9-7-13/h2-5,13,17,24H,6-11H2,1H3,(H,25,28)(H,26,27). The van der Waals surface area contributed by atoms with Crippen LogP contribution in [0.5, 0.6) is 0 Å². The van der Waals surface area contributed by atoms with Crippen molar-refractivity contribution in [3.8, 4) is 0 Å². The second-order valence-electron chi connectivity index (χ2n) is 8.60. The number of anilines is 1. The molecule has 0 bridgehead atoms. The van der Waals surface area contributed by atoms with E-state index in [1.54, 1.807) is 6.92 Å². The lowest BCUT2D eigenvalue weighted by atomic mass is 9.87. The summed E-state index contributed by atoms with van der Waals surface area (Å²) in [6.07, 6.45) is 2.68. The number of aromatic nitrogens is 2. The number of nitrogens with zero attached hydrogens (tertiary/aromatic N) is 1. The van der Waals surface area contributed by atoms with Crippen molar-refractivity contribution in [2.45, 2.75) is 44.4 Å². The summed E-state index contributed by atoms with van der Waals surface area (Å²) in [5.74, 6) is -3.15. The number of nitrogens with one attached hydrogen (secondary N) is 3. The number of H-pyrrole nitrogens is 1. The average molecular weight is 386 g/mol. The van der Waals surface area contributed by atoms with Crippen molar-refractivity contribution in [3.05, 3.63) is 46.8 Å². The number of halogens is 2. The minimum absolute atomic E-state index is 0.201. The molecule has 2 atom stereocenters. The molecule has 2 heterocycles. The second-order valence-corrected chi connectivity index (χ2v) is 8.60. The first-order chi connectivity index (χ1) is 13.4. The average Bonchev–Trinajstić information content (AvgIpc) is 2.97. The van der Waals surface area contributed by atoms with Gasteiger partial charge in [0.05, 0.1) is 0 Å². The molecular weight excluding hydrogens is 362 g/mol. The molecule has 1 aromatic heterocycles. The van der Waals surface area contributed by atoms with Gasteiger partial charge in [0.15, 0.2) is 5.69 Å². The van der Waals surface area contributed by atoms with Crippen LogP contribution in [-0.4, -0.2) is 35.1 Å². The van der Waals surface area contributed by atoms with Gasteiger partial charge in [0.2, 0.25) is 0 Å². The minimum atomic E-state index is -2.66. The number of fused-ring (bicyclic) bond motifs is 2. The Balaban J connectivity index is 1.30. The zero-order valence-electron chi connectivity index (χ0n) is 15.8. The third-order valence-corrected chi connectivity index (χ3v) is 6.98. The van der Waals surface area contributed by atoms with Crippen LogP contribution in [0, 0.1) is 11.3 Å². The summed E-state index contributed by atoms with van der Waals surface area (Å²) < 4.78 is 28.1. The number of alkyl halides is 2. The monoisotopic (exact) mass is 386 g/mol. The number of rotatable bonds is 3. The fraction of sp³-hybridized carbons (Fsp3) is 0.524. The van der Waals surface area contributed by atoms with E-state index in [0.29, 0.717) is 22.9 Å². The van der Waals surface area contributed by atoms with Gasteiger partial charge in [0.25, 0.3) is 11.8 Å². The largest absolute Gasteiger partial charge is 0.321 e. The molecule has 148 valence electrons. The Hall–Kier alpha value is -2.28. The summed E-state index contributed by atoms with van der Waals surface area (Å²) in [4.78, 5) is 12.7. The minimum Gasteiger partial charge on any atom is -0.321 e. The summed E-state index contributed by atoms with van der Waals surface area (Å²) >= 11 is 0. The van der Waals surface area contributed by atoms with E-state index in [4.69, 9.17) is 0 Å². The van der Waals surface area contributed by atoms with Crippen molar-refractivity contribution in [2.75, 3.05) is 18.4 Å². The number of amides is 1. The van der Waals surface area contributed by atoms with Crippen molar-refractivity contribution in [2.24, 2.45) is 11.3 Å². The van der Waals surface area contributed by atoms with Crippen molar-refractivity contribution in [3.63, 3.8) is 0 Å². The van der Waals surface area contributed by atoms with Gasteiger partial charge in [0, 0.05) is 34.7 Å². The van der Waals surface area contributed by atoms with Gasteiger partial charge >= 0.3 is 0 Å². The van der Waals surface area contributed by atoms with Gasteiger partial charge in [-0.3, -0.25) is 9.89 Å². The SMILES string of the molecule is CC12Cc3[nH]nc(C(=O)Nc4ccc(C5CCNCC5)cc4)c3CC1C2(F)F. The van der Waals surface area contributed by atoms with Crippen LogP contribution in [0.15, 0.2) is 24.3 Å². The van der Waals surface area contributed by atoms with Gasteiger partial charge in [-0.15, -0.1) is 0 Å². The molecule has 1 aliphatic heterocycles. The maximum absolute atomic E-state index is 14.1. The topological polar surface area (TPSA) is 69.8 Å². The van der Waals surface area contributed by atoms with Gasteiger partial charge < -0.3 is 10.6 Å². The van der Waals surface area contributed by atoms with Crippen molar-refractivity contribution in [1.82, 2.24) is 15.5 Å². The fourth-order valence-electron chi connectivity index (χ4n) is 4.98. The lowest BCUT2D eigenvalue weighted by molar-refractivity contribution is 0.0631. The summed E-state index contributed by atoms with van der Waals surface area (Å²) in [5, 5.41) is 13.2. The number of carbonyl (C=O) groups is 1. The number of aromatic amines is 1. The summed E-state index contributed by atoms with van der Waals surface area (Å²) in [6.45, 7) is 3.68. The van der Waals surface area contributed by atoms with Crippen molar-refractivity contribution >= 4 is 11.6 Å². The van der Waals surface area contributed by atoms with E-state index in [0.717, 1.165) is 25.9 Å². The molecule has 7 heteroatoms. The quantitative estimate of drug-likeness (QED) is 0.756. The van der Waals surface area contributed by atoms with E-state index >= 15 is 0 Å². The van der Waals surface area contributed by atoms with E-state index in [-0.39, 0.29) is 24.4 Å². The maximum Gasteiger partial charge on any atom is 0.276 e. The highest BCUT2D eigenvalue weighted by molar-refractivity contribution is 6.04. The van der Waals surface area contributed by atoms with Crippen LogP contribution >= 0.6 is 0 Å². The van der Waals surface area contributed by atoms with Crippen LogP contribution in [0.1, 0.15) is 53.0 Å². The molecule has 1 saturated heterocycles. The van der Waals surface area contributed by atoms with Crippen LogP contribution in [0.25, 0.3) is 0 Å². The van der Waals surface area contributed by atoms with Crippen LogP contribution in [0.2, 0.25) is 0 Å². The molecule has 5 rings (SSSR count). The lowest BCUT2D eigenvalue weighted by Crippen LogP contribution is -2.26. The van der Waals surface area contributed by atoms with Crippen LogP contribution < -0.4 is 10.6 Å². The molecule has 0 radical (unpaired) electrons. The summed E-state index contributed by atoms with van der Waals surface area (Å²) in [5.41, 5.74) is 2.53. The smallest absolute Gasteiger partial charge is 0.276 e. The zero-order valence-corrected chi connectivity index (χ0v) is 15.8. The van der Waals surface area contributed by atoms with Gasteiger partial charge in [-0.2, -0.15) is 5.10 Å². The molecule has 2 aliphatic carbocycles. The Bertz CT molecular complexity index is 917. The van der Waals surface area contributed by atoms with Crippen molar-refractivity contribution in [1.29, 1.82) is 0 Å². The number of hydrogen-bond donors (Lipinski definition) is 3. The van der Waals surface area contributed by atoms with Crippen LogP contribution in [-0.2, 0) is 12.8 Å². The van der Waals surface area contributed by atoms with Gasteiger partial charge in [-0.25, -0.2) is 8.78 Å². The van der Waals surface area contributed by atoms with E-state index in [2.05, 4.69) is 33.0 Å². The zero-order chi connectivity index (χ0) is 19.5. The van der Waals surface area contributed by atoms with Crippen molar-refractivity contribution < 1.29 is 13.6 Å². The highest BCUT2D eigenvalue weighted by atomic mass is 19.3. The number of carbonyl (C=O) groups excluding carboxylic acids is 1. The Morgan fingerprint density at radius 1 is 1.21 bits per heavy atom. The molecule has 2 aromatic rings. The molecule has 1 amide bonds. The Morgan fingerprint density at radius 2 is 1.93 bits per heavy atom. The normalized spacial score (nSPS) is 28.3. The summed E-state index contributed by atoms with van der Waals surface area (Å²) in [7, 11) is 0. The predicted molar refractivity (Wildman–Crippen MR) is 102 cm³/mol. The van der Waals surface area contributed by atoms with E-state index < -0.39 is 17.3 Å². The molecule has 0 spiro atoms. The van der Waals surface area contributed by atoms with E-state index in [9.17, 15) is 13.6 Å². The maximum atomic E-state index is 14.1.